The van der Waals surface area contributed by atoms with E-state index in [1.807, 2.05) is 37.3 Å². The first-order valence-corrected chi connectivity index (χ1v) is 21.0. The predicted molar refractivity (Wildman–Crippen MR) is 266 cm³/mol. The Kier molecular flexibility index (Phi) is 12.2. The van der Waals surface area contributed by atoms with Crippen LogP contribution in [0, 0.1) is 12.8 Å². The van der Waals surface area contributed by atoms with Crippen LogP contribution in [0.15, 0.2) is 231 Å². The second-order valence-electron chi connectivity index (χ2n) is 15.3. The topological polar surface area (TPSA) is 27.2 Å². The Morgan fingerprint density at radius 1 is 0.656 bits per heavy atom. The second-order valence-corrected chi connectivity index (χ2v) is 15.3. The summed E-state index contributed by atoms with van der Waals surface area (Å²) in [5, 5.41) is 4.98. The zero-order valence-corrected chi connectivity index (χ0v) is 35.2. The van der Waals surface area contributed by atoms with Crippen molar-refractivity contribution in [2.45, 2.75) is 27.2 Å². The number of H-pyrrole nitrogens is 1. The lowest BCUT2D eigenvalue weighted by Gasteiger charge is -2.28. The summed E-state index contributed by atoms with van der Waals surface area (Å²) in [6.07, 6.45) is 25.9. The molecule has 4 nitrogen and oxygen atoms in total. The van der Waals surface area contributed by atoms with E-state index in [0.717, 1.165) is 45.9 Å². The minimum Gasteiger partial charge on any atom is -0.354 e. The molecule has 1 aliphatic carbocycles. The van der Waals surface area contributed by atoms with E-state index in [1.165, 1.54) is 43.8 Å². The number of benzene rings is 6. The average Bonchev–Trinajstić information content (AvgIpc) is 3.84. The molecule has 1 aliphatic rings. The van der Waals surface area contributed by atoms with Gasteiger partial charge in [0.15, 0.2) is 0 Å². The minimum absolute atomic E-state index is 0.568. The molecule has 1 N–H and O–H groups in total. The van der Waals surface area contributed by atoms with Crippen LogP contribution < -0.4 is 9.80 Å². The molecule has 0 radical (unpaired) electrons. The van der Waals surface area contributed by atoms with Gasteiger partial charge < -0.3 is 19.4 Å². The standard InChI is InChI=1S/C32H30N2.C25H22N2/c1-4-6-12-25(5-2)34-31-16-11-10-15-29(31)30-22-21-28(23-32(30)34)33(26-13-8-7-9-14-26)27-19-17-24(3)18-20-27;1-3-4-5-8-17-27(20-13-11-19(2)12-14-20)21-15-16-23-22-9-6-7-10-24(22)26-25(23)18-21/h4-17,19-24H,2,18H2,1,3H3;3-18,26H,1H2,2H3/b6-4-,25-12+;5-4-,17-8-. The van der Waals surface area contributed by atoms with Crippen LogP contribution in [0.5, 0.6) is 0 Å². The quantitative estimate of drug-likeness (QED) is 0.132. The number of nitrogens with one attached hydrogen (secondary N) is 1. The van der Waals surface area contributed by atoms with E-state index in [-0.39, 0.29) is 0 Å². The van der Waals surface area contributed by atoms with Crippen LogP contribution in [-0.4, -0.2) is 9.55 Å². The number of hydrogen-bond donors (Lipinski definition) is 1. The lowest BCUT2D eigenvalue weighted by atomic mass is 10.0. The summed E-state index contributed by atoms with van der Waals surface area (Å²) in [7, 11) is 0. The SMILES string of the molecule is C=C/C(=C\C=C/C)n1c2ccccc2c2ccc(N(C3=CCC(C)C=C3)c3ccccc3)cc21.C=C/C=C\C=C/N(c1ccc(C)cc1)c1ccc2c(c1)[nH]c1ccccc12. The number of aromatic nitrogens is 2. The summed E-state index contributed by atoms with van der Waals surface area (Å²) < 4.78 is 2.32. The van der Waals surface area contributed by atoms with Gasteiger partial charge in [-0.2, -0.15) is 0 Å². The number of nitrogens with zero attached hydrogens (tertiary/aromatic N) is 3. The van der Waals surface area contributed by atoms with Crippen LogP contribution in [-0.2, 0) is 0 Å². The van der Waals surface area contributed by atoms with Crippen molar-refractivity contribution >= 4 is 72.1 Å². The molecule has 0 amide bonds. The van der Waals surface area contributed by atoms with Gasteiger partial charge in [-0.25, -0.2) is 0 Å². The molecular weight excluding hydrogens is 741 g/mol. The first-order chi connectivity index (χ1) is 30.0. The summed E-state index contributed by atoms with van der Waals surface area (Å²) in [5.41, 5.74) is 12.7. The van der Waals surface area contributed by atoms with Crippen molar-refractivity contribution in [2.24, 2.45) is 5.92 Å². The van der Waals surface area contributed by atoms with Gasteiger partial charge in [0.05, 0.1) is 11.0 Å². The number of aryl methyl sites for hydroxylation is 1. The van der Waals surface area contributed by atoms with Gasteiger partial charge in [-0.1, -0.05) is 147 Å². The Balaban J connectivity index is 0.000000173. The number of aromatic amines is 1. The first-order valence-electron chi connectivity index (χ1n) is 21.0. The molecule has 0 saturated heterocycles. The zero-order chi connectivity index (χ0) is 42.1. The Morgan fingerprint density at radius 3 is 2.10 bits per heavy atom. The molecule has 8 aromatic rings. The molecule has 1 atom stereocenters. The van der Waals surface area contributed by atoms with E-state index < -0.39 is 0 Å². The number of allylic oxidation sites excluding steroid dienone is 12. The highest BCUT2D eigenvalue weighted by molar-refractivity contribution is 6.11. The number of anilines is 4. The van der Waals surface area contributed by atoms with Crippen molar-refractivity contribution in [1.82, 2.24) is 9.55 Å². The van der Waals surface area contributed by atoms with E-state index >= 15 is 0 Å². The van der Waals surface area contributed by atoms with Gasteiger partial charge in [0.25, 0.3) is 0 Å². The summed E-state index contributed by atoms with van der Waals surface area (Å²) >= 11 is 0. The van der Waals surface area contributed by atoms with Crippen molar-refractivity contribution < 1.29 is 0 Å². The normalized spacial score (nSPS) is 14.3. The molecule has 9 rings (SSSR count). The zero-order valence-electron chi connectivity index (χ0n) is 35.2. The molecule has 1 unspecified atom stereocenters. The third-order valence-corrected chi connectivity index (χ3v) is 11.1. The van der Waals surface area contributed by atoms with E-state index in [2.05, 4.69) is 222 Å². The molecule has 0 spiro atoms. The maximum absolute atomic E-state index is 4.12. The van der Waals surface area contributed by atoms with Crippen LogP contribution in [0.25, 0.3) is 49.3 Å². The maximum atomic E-state index is 4.12. The fraction of sp³-hybridized carbons (Fsp3) is 0.0877. The van der Waals surface area contributed by atoms with Crippen molar-refractivity contribution in [3.63, 3.8) is 0 Å². The third kappa shape index (κ3) is 8.62. The van der Waals surface area contributed by atoms with Gasteiger partial charge in [0.1, 0.15) is 0 Å². The third-order valence-electron chi connectivity index (χ3n) is 11.1. The smallest absolute Gasteiger partial charge is 0.0561 e. The number of hydrogen-bond acceptors (Lipinski definition) is 2. The maximum Gasteiger partial charge on any atom is 0.0561 e. The van der Waals surface area contributed by atoms with Crippen molar-refractivity contribution in [1.29, 1.82) is 0 Å². The predicted octanol–water partition coefficient (Wildman–Crippen LogP) is 16.0. The van der Waals surface area contributed by atoms with Gasteiger partial charge in [0.2, 0.25) is 0 Å². The molecule has 0 bridgehead atoms. The molecule has 300 valence electrons. The van der Waals surface area contributed by atoms with Gasteiger partial charge >= 0.3 is 0 Å². The summed E-state index contributed by atoms with van der Waals surface area (Å²) in [6, 6.07) is 49.6. The van der Waals surface area contributed by atoms with Crippen LogP contribution >= 0.6 is 0 Å². The van der Waals surface area contributed by atoms with E-state index in [4.69, 9.17) is 0 Å². The molecule has 0 saturated carbocycles. The van der Waals surface area contributed by atoms with Gasteiger partial charge in [-0.3, -0.25) is 0 Å². The van der Waals surface area contributed by atoms with Crippen LogP contribution in [0.1, 0.15) is 25.8 Å². The molecule has 0 fully saturated rings. The van der Waals surface area contributed by atoms with Crippen LogP contribution in [0.4, 0.5) is 22.7 Å². The lowest BCUT2D eigenvalue weighted by molar-refractivity contribution is 0.728. The fourth-order valence-electron chi connectivity index (χ4n) is 8.01. The summed E-state index contributed by atoms with van der Waals surface area (Å²) in [4.78, 5) is 8.08. The monoisotopic (exact) mass is 792 g/mol. The van der Waals surface area contributed by atoms with Crippen molar-refractivity contribution in [3.8, 4) is 0 Å². The molecule has 6 aromatic carbocycles. The van der Waals surface area contributed by atoms with Gasteiger partial charge in [-0.05, 0) is 111 Å². The second kappa shape index (κ2) is 18.6. The number of rotatable bonds is 11. The molecule has 61 heavy (non-hydrogen) atoms. The molecule has 4 heteroatoms. The Labute approximate surface area is 360 Å². The largest absolute Gasteiger partial charge is 0.354 e. The van der Waals surface area contributed by atoms with Gasteiger partial charge in [0, 0.05) is 72.9 Å². The van der Waals surface area contributed by atoms with E-state index in [0.29, 0.717) is 5.92 Å². The van der Waals surface area contributed by atoms with Crippen LogP contribution in [0.2, 0.25) is 0 Å². The van der Waals surface area contributed by atoms with Crippen LogP contribution in [0.3, 0.4) is 0 Å². The van der Waals surface area contributed by atoms with Crippen molar-refractivity contribution in [3.05, 3.63) is 237 Å². The summed E-state index contributed by atoms with van der Waals surface area (Å²) in [5.74, 6) is 0.568. The Hall–Kier alpha value is -7.56. The molecule has 2 aromatic heterocycles. The first kappa shape index (κ1) is 40.2. The molecular formula is C57H52N4. The highest BCUT2D eigenvalue weighted by Crippen LogP contribution is 2.39. The number of fused-ring (bicyclic) bond motifs is 6. The van der Waals surface area contributed by atoms with E-state index in [9.17, 15) is 0 Å². The Bertz CT molecular complexity index is 3020. The molecule has 0 aliphatic heterocycles. The average molecular weight is 793 g/mol. The highest BCUT2D eigenvalue weighted by Gasteiger charge is 2.19. The number of para-hydroxylation sites is 3. The summed E-state index contributed by atoms with van der Waals surface area (Å²) in [6.45, 7) is 14.2. The molecule has 2 heterocycles. The highest BCUT2D eigenvalue weighted by atomic mass is 15.1. The van der Waals surface area contributed by atoms with E-state index in [1.54, 1.807) is 6.08 Å². The Morgan fingerprint density at radius 2 is 1.34 bits per heavy atom. The van der Waals surface area contributed by atoms with Crippen molar-refractivity contribution in [2.75, 3.05) is 9.80 Å². The fourth-order valence-corrected chi connectivity index (χ4v) is 8.01. The lowest BCUT2D eigenvalue weighted by Crippen LogP contribution is -2.17. The minimum atomic E-state index is 0.568. The van der Waals surface area contributed by atoms with Gasteiger partial charge in [-0.15, -0.1) is 0 Å².